The van der Waals surface area contributed by atoms with E-state index in [1.807, 2.05) is 12.1 Å². The molecule has 26 heavy (non-hydrogen) atoms. The first-order chi connectivity index (χ1) is 12.6. The second-order valence-corrected chi connectivity index (χ2v) is 7.04. The first-order valence-corrected chi connectivity index (χ1v) is 9.18. The summed E-state index contributed by atoms with van der Waals surface area (Å²) >= 11 is 0. The summed E-state index contributed by atoms with van der Waals surface area (Å²) in [5, 5.41) is 4.12. The number of hydrazone groups is 1. The Morgan fingerprint density at radius 1 is 1.27 bits per heavy atom. The van der Waals surface area contributed by atoms with Crippen molar-refractivity contribution in [3.63, 3.8) is 0 Å². The van der Waals surface area contributed by atoms with E-state index in [9.17, 15) is 4.79 Å². The van der Waals surface area contributed by atoms with Crippen LogP contribution in [0.1, 0.15) is 47.5 Å². The number of aromatic nitrogens is 1. The zero-order valence-corrected chi connectivity index (χ0v) is 15.3. The molecule has 1 fully saturated rings. The van der Waals surface area contributed by atoms with E-state index in [0.717, 1.165) is 31.0 Å². The highest BCUT2D eigenvalue weighted by Crippen LogP contribution is 2.25. The first kappa shape index (κ1) is 16.8. The van der Waals surface area contributed by atoms with Crippen molar-refractivity contribution in [1.29, 1.82) is 0 Å². The molecule has 2 aromatic rings. The largest absolute Gasteiger partial charge is 0.463 e. The molecule has 2 aliphatic rings. The molecule has 2 N–H and O–H groups in total. The number of rotatable bonds is 4. The average molecular weight is 352 g/mol. The van der Waals surface area contributed by atoms with Crippen molar-refractivity contribution in [2.24, 2.45) is 5.10 Å². The number of H-pyrrole nitrogens is 1. The first-order valence-electron chi connectivity index (χ1n) is 9.18. The maximum atomic E-state index is 12.2. The molecular formula is C20H24N4O2. The molecule has 0 unspecified atom stereocenters. The molecule has 136 valence electrons. The van der Waals surface area contributed by atoms with Crippen LogP contribution in [0.15, 0.2) is 33.5 Å². The number of carbonyl (C=O) groups is 1. The number of piperidine rings is 1. The molecule has 1 amide bonds. The van der Waals surface area contributed by atoms with Gasteiger partial charge in [-0.2, -0.15) is 5.10 Å². The van der Waals surface area contributed by atoms with Crippen LogP contribution in [0.3, 0.4) is 0 Å². The molecule has 6 nitrogen and oxygen atoms in total. The van der Waals surface area contributed by atoms with Crippen LogP contribution in [0.25, 0.3) is 6.08 Å². The predicted molar refractivity (Wildman–Crippen MR) is 101 cm³/mol. The van der Waals surface area contributed by atoms with Gasteiger partial charge in [0, 0.05) is 17.9 Å². The molecule has 1 saturated heterocycles. The fourth-order valence-corrected chi connectivity index (χ4v) is 3.75. The number of nitrogens with zero attached hydrogens (tertiary/aromatic N) is 2. The van der Waals surface area contributed by atoms with E-state index in [4.69, 9.17) is 4.42 Å². The van der Waals surface area contributed by atoms with Crippen molar-refractivity contribution in [1.82, 2.24) is 15.3 Å². The van der Waals surface area contributed by atoms with Crippen LogP contribution < -0.4 is 5.43 Å². The van der Waals surface area contributed by atoms with Crippen LogP contribution in [0.4, 0.5) is 0 Å². The predicted octanol–water partition coefficient (Wildman–Crippen LogP) is 3.13. The Morgan fingerprint density at radius 2 is 2.08 bits per heavy atom. The molecule has 6 heteroatoms. The lowest BCUT2D eigenvalue weighted by Crippen LogP contribution is -2.29. The van der Waals surface area contributed by atoms with Crippen molar-refractivity contribution >= 4 is 17.7 Å². The van der Waals surface area contributed by atoms with Gasteiger partial charge in [-0.3, -0.25) is 9.69 Å². The second kappa shape index (κ2) is 6.96. The van der Waals surface area contributed by atoms with E-state index in [1.165, 1.54) is 30.4 Å². The minimum Gasteiger partial charge on any atom is -0.463 e. The van der Waals surface area contributed by atoms with Crippen LogP contribution in [0.5, 0.6) is 0 Å². The van der Waals surface area contributed by atoms with Gasteiger partial charge in [0.1, 0.15) is 5.71 Å². The highest BCUT2D eigenvalue weighted by atomic mass is 16.3. The Labute approximate surface area is 153 Å². The van der Waals surface area contributed by atoms with E-state index in [1.54, 1.807) is 12.3 Å². The van der Waals surface area contributed by atoms with Gasteiger partial charge in [-0.15, -0.1) is 0 Å². The maximum Gasteiger partial charge on any atom is 0.273 e. The van der Waals surface area contributed by atoms with Crippen LogP contribution in [0.2, 0.25) is 0 Å². The minimum atomic E-state index is -0.208. The summed E-state index contributed by atoms with van der Waals surface area (Å²) in [6.07, 6.45) is 7.36. The van der Waals surface area contributed by atoms with E-state index in [-0.39, 0.29) is 5.91 Å². The van der Waals surface area contributed by atoms with Crippen molar-refractivity contribution in [2.75, 3.05) is 13.1 Å². The number of aryl methyl sites for hydroxylation is 1. The van der Waals surface area contributed by atoms with Crippen molar-refractivity contribution in [3.8, 4) is 0 Å². The number of furan rings is 1. The highest BCUT2D eigenvalue weighted by Gasteiger charge is 2.26. The number of hydrogen-bond donors (Lipinski definition) is 2. The SMILES string of the molecule is Cc1[nH]c(C=C2C(=O)NN=C2c2ccco2)c(C)c1CN1CCCCC1. The molecule has 2 aromatic heterocycles. The molecule has 4 rings (SSSR count). The zero-order valence-electron chi connectivity index (χ0n) is 15.3. The van der Waals surface area contributed by atoms with Gasteiger partial charge in [-0.05, 0) is 69.1 Å². The van der Waals surface area contributed by atoms with E-state index in [2.05, 4.69) is 34.3 Å². The molecule has 0 atom stereocenters. The Hall–Kier alpha value is -2.60. The Bertz CT molecular complexity index is 868. The number of amides is 1. The fourth-order valence-electron chi connectivity index (χ4n) is 3.75. The van der Waals surface area contributed by atoms with Gasteiger partial charge in [-0.1, -0.05) is 6.42 Å². The van der Waals surface area contributed by atoms with Crippen LogP contribution in [-0.4, -0.2) is 34.6 Å². The number of nitrogens with one attached hydrogen (secondary N) is 2. The Morgan fingerprint density at radius 3 is 2.81 bits per heavy atom. The van der Waals surface area contributed by atoms with Gasteiger partial charge in [0.15, 0.2) is 5.76 Å². The zero-order chi connectivity index (χ0) is 18.1. The van der Waals surface area contributed by atoms with Crippen molar-refractivity contribution < 1.29 is 9.21 Å². The quantitative estimate of drug-likeness (QED) is 0.830. The van der Waals surface area contributed by atoms with E-state index < -0.39 is 0 Å². The molecular weight excluding hydrogens is 328 g/mol. The fraction of sp³-hybridized carbons (Fsp3) is 0.400. The van der Waals surface area contributed by atoms with Crippen molar-refractivity contribution in [2.45, 2.75) is 39.7 Å². The smallest absolute Gasteiger partial charge is 0.273 e. The lowest BCUT2D eigenvalue weighted by atomic mass is 10.0. The molecule has 0 bridgehead atoms. The molecule has 2 aliphatic heterocycles. The molecule has 0 spiro atoms. The second-order valence-electron chi connectivity index (χ2n) is 7.04. The summed E-state index contributed by atoms with van der Waals surface area (Å²) in [5.74, 6) is 0.379. The van der Waals surface area contributed by atoms with Crippen molar-refractivity contribution in [3.05, 3.63) is 52.2 Å². The molecule has 0 saturated carbocycles. The molecule has 0 aliphatic carbocycles. The maximum absolute atomic E-state index is 12.2. The van der Waals surface area contributed by atoms with Gasteiger partial charge < -0.3 is 9.40 Å². The lowest BCUT2D eigenvalue weighted by molar-refractivity contribution is -0.116. The average Bonchev–Trinajstić information content (AvgIpc) is 3.34. The molecule has 0 aromatic carbocycles. The van der Waals surface area contributed by atoms with E-state index in [0.29, 0.717) is 17.0 Å². The number of aromatic amines is 1. The lowest BCUT2D eigenvalue weighted by Gasteiger charge is -2.26. The van der Waals surface area contributed by atoms with Crippen LogP contribution >= 0.6 is 0 Å². The van der Waals surface area contributed by atoms with Gasteiger partial charge in [0.25, 0.3) is 5.91 Å². The third-order valence-corrected chi connectivity index (χ3v) is 5.27. The van der Waals surface area contributed by atoms with Gasteiger partial charge >= 0.3 is 0 Å². The van der Waals surface area contributed by atoms with Crippen LogP contribution in [0, 0.1) is 13.8 Å². The minimum absolute atomic E-state index is 0.208. The summed E-state index contributed by atoms with van der Waals surface area (Å²) in [7, 11) is 0. The molecule has 4 heterocycles. The topological polar surface area (TPSA) is 73.6 Å². The standard InChI is InChI=1S/C20H24N4O2/c1-13-16(12-24-8-4-3-5-9-24)14(2)21-17(13)11-15-19(22-23-20(15)25)18-7-6-10-26-18/h6-7,10-11,21H,3-5,8-9,12H2,1-2H3,(H,23,25). The van der Waals surface area contributed by atoms with E-state index >= 15 is 0 Å². The summed E-state index contributed by atoms with van der Waals surface area (Å²) in [6.45, 7) is 7.51. The number of likely N-dealkylation sites (tertiary alicyclic amines) is 1. The van der Waals surface area contributed by atoms with Crippen LogP contribution in [-0.2, 0) is 11.3 Å². The summed E-state index contributed by atoms with van der Waals surface area (Å²) in [5.41, 5.74) is 8.24. The third kappa shape index (κ3) is 3.12. The number of hydrogen-bond acceptors (Lipinski definition) is 4. The molecule has 0 radical (unpaired) electrons. The summed E-state index contributed by atoms with van der Waals surface area (Å²) in [6, 6.07) is 3.60. The monoisotopic (exact) mass is 352 g/mol. The number of carbonyl (C=O) groups excluding carboxylic acids is 1. The van der Waals surface area contributed by atoms with Gasteiger partial charge in [-0.25, -0.2) is 5.43 Å². The van der Waals surface area contributed by atoms with Gasteiger partial charge in [0.2, 0.25) is 0 Å². The Kier molecular flexibility index (Phi) is 4.51. The third-order valence-electron chi connectivity index (χ3n) is 5.27. The normalized spacial score (nSPS) is 19.8. The summed E-state index contributed by atoms with van der Waals surface area (Å²) in [4.78, 5) is 18.2. The summed E-state index contributed by atoms with van der Waals surface area (Å²) < 4.78 is 5.41. The highest BCUT2D eigenvalue weighted by molar-refractivity contribution is 6.32. The van der Waals surface area contributed by atoms with Gasteiger partial charge in [0.05, 0.1) is 11.8 Å². The Balaban J connectivity index is 1.63.